The zero-order chi connectivity index (χ0) is 16.5. The van der Waals surface area contributed by atoms with E-state index in [0.29, 0.717) is 6.42 Å². The number of amides is 1. The molecule has 1 aromatic rings. The smallest absolute Gasteiger partial charge is 0.227 e. The van der Waals surface area contributed by atoms with E-state index in [1.165, 1.54) is 5.56 Å². The van der Waals surface area contributed by atoms with Crippen LogP contribution < -0.4 is 15.5 Å². The van der Waals surface area contributed by atoms with Crippen molar-refractivity contribution in [2.24, 2.45) is 4.99 Å². The van der Waals surface area contributed by atoms with E-state index < -0.39 is 0 Å². The Morgan fingerprint density at radius 2 is 2.04 bits per heavy atom. The van der Waals surface area contributed by atoms with Crippen molar-refractivity contribution in [3.63, 3.8) is 0 Å². The van der Waals surface area contributed by atoms with Crippen LogP contribution >= 0.6 is 35.7 Å². The molecule has 0 radical (unpaired) electrons. The number of halogens is 1. The Bertz CT molecular complexity index is 536. The highest BCUT2D eigenvalue weighted by Gasteiger charge is 2.21. The number of hydrogen-bond acceptors (Lipinski definition) is 3. The Morgan fingerprint density at radius 1 is 1.29 bits per heavy atom. The van der Waals surface area contributed by atoms with Crippen LogP contribution in [0.2, 0.25) is 0 Å². The van der Waals surface area contributed by atoms with Gasteiger partial charge >= 0.3 is 0 Å². The summed E-state index contributed by atoms with van der Waals surface area (Å²) in [6.45, 7) is 2.48. The van der Waals surface area contributed by atoms with Crippen LogP contribution in [-0.4, -0.2) is 44.0 Å². The first kappa shape index (κ1) is 21.1. The molecule has 1 fully saturated rings. The van der Waals surface area contributed by atoms with Gasteiger partial charge in [-0.1, -0.05) is 12.1 Å². The molecular weight excluding hydrogens is 435 g/mol. The third-order valence-corrected chi connectivity index (χ3v) is 4.52. The normalized spacial score (nSPS) is 14.5. The summed E-state index contributed by atoms with van der Waals surface area (Å²) < 4.78 is 0. The maximum Gasteiger partial charge on any atom is 0.227 e. The summed E-state index contributed by atoms with van der Waals surface area (Å²) in [6.07, 6.45) is 4.87. The number of nitrogens with zero attached hydrogens (tertiary/aromatic N) is 2. The molecule has 1 amide bonds. The summed E-state index contributed by atoms with van der Waals surface area (Å²) in [5.74, 6) is 2.20. The third kappa shape index (κ3) is 6.51. The quantitative estimate of drug-likeness (QED) is 0.283. The second kappa shape index (κ2) is 11.6. The number of benzene rings is 1. The largest absolute Gasteiger partial charge is 0.356 e. The number of nitrogens with one attached hydrogen (secondary N) is 2. The van der Waals surface area contributed by atoms with E-state index in [9.17, 15) is 4.79 Å². The van der Waals surface area contributed by atoms with Gasteiger partial charge in [-0.2, -0.15) is 11.8 Å². The molecule has 24 heavy (non-hydrogen) atoms. The first-order valence-electron chi connectivity index (χ1n) is 8.07. The van der Waals surface area contributed by atoms with Gasteiger partial charge in [0.1, 0.15) is 0 Å². The fourth-order valence-electron chi connectivity index (χ4n) is 2.54. The number of guanidine groups is 1. The fourth-order valence-corrected chi connectivity index (χ4v) is 2.98. The van der Waals surface area contributed by atoms with Crippen LogP contribution in [0.15, 0.2) is 29.3 Å². The van der Waals surface area contributed by atoms with Gasteiger partial charge in [0.15, 0.2) is 5.96 Å². The summed E-state index contributed by atoms with van der Waals surface area (Å²) >= 11 is 1.85. The highest BCUT2D eigenvalue weighted by Crippen LogP contribution is 2.21. The molecule has 1 saturated heterocycles. The summed E-state index contributed by atoms with van der Waals surface area (Å²) in [5, 5.41) is 6.62. The Balaban J connectivity index is 0.00000288. The van der Waals surface area contributed by atoms with Crippen LogP contribution in [0, 0.1) is 0 Å². The number of hydrogen-bond donors (Lipinski definition) is 2. The van der Waals surface area contributed by atoms with Crippen molar-refractivity contribution in [2.75, 3.05) is 37.0 Å². The lowest BCUT2D eigenvalue weighted by Gasteiger charge is -2.16. The number of aliphatic imine (C=N–C) groups is 1. The van der Waals surface area contributed by atoms with E-state index in [2.05, 4.69) is 34.0 Å². The number of rotatable bonds is 7. The van der Waals surface area contributed by atoms with Gasteiger partial charge in [-0.05, 0) is 42.5 Å². The van der Waals surface area contributed by atoms with Gasteiger partial charge in [-0.3, -0.25) is 9.79 Å². The Kier molecular flexibility index (Phi) is 10.2. The molecule has 5 nitrogen and oxygen atoms in total. The lowest BCUT2D eigenvalue weighted by atomic mass is 10.2. The molecule has 2 N–H and O–H groups in total. The van der Waals surface area contributed by atoms with Crippen LogP contribution in [0.1, 0.15) is 24.8 Å². The van der Waals surface area contributed by atoms with E-state index >= 15 is 0 Å². The van der Waals surface area contributed by atoms with Gasteiger partial charge < -0.3 is 15.5 Å². The zero-order valence-corrected chi connectivity index (χ0v) is 17.5. The van der Waals surface area contributed by atoms with E-state index in [1.54, 1.807) is 7.05 Å². The standard InChI is InChI=1S/C17H26N4OS.HI/c1-18-17(19-10-4-12-23-2)20-13-14-6-8-15(9-7-14)21-11-3-5-16(21)22;/h6-9H,3-5,10-13H2,1-2H3,(H2,18,19,20);1H. The predicted molar refractivity (Wildman–Crippen MR) is 115 cm³/mol. The molecule has 7 heteroatoms. The van der Waals surface area contributed by atoms with Gasteiger partial charge in [-0.15, -0.1) is 24.0 Å². The minimum Gasteiger partial charge on any atom is -0.356 e. The fraction of sp³-hybridized carbons (Fsp3) is 0.529. The zero-order valence-electron chi connectivity index (χ0n) is 14.4. The molecule has 1 aliphatic rings. The Hall–Kier alpha value is -0.960. The van der Waals surface area contributed by atoms with Gasteiger partial charge in [0.2, 0.25) is 5.91 Å². The van der Waals surface area contributed by atoms with Crippen molar-refractivity contribution in [3.8, 4) is 0 Å². The topological polar surface area (TPSA) is 56.7 Å². The molecule has 134 valence electrons. The average molecular weight is 462 g/mol. The lowest BCUT2D eigenvalue weighted by Crippen LogP contribution is -2.37. The molecule has 0 atom stereocenters. The van der Waals surface area contributed by atoms with Crippen LogP contribution in [0.4, 0.5) is 5.69 Å². The summed E-state index contributed by atoms with van der Waals surface area (Å²) in [4.78, 5) is 17.8. The van der Waals surface area contributed by atoms with Crippen molar-refractivity contribution in [1.82, 2.24) is 10.6 Å². The van der Waals surface area contributed by atoms with Crippen LogP contribution in [0.25, 0.3) is 0 Å². The molecule has 2 rings (SSSR count). The molecular formula is C17H27IN4OS. The number of carbonyl (C=O) groups excluding carboxylic acids is 1. The minimum atomic E-state index is 0. The van der Waals surface area contributed by atoms with Gasteiger partial charge in [0.05, 0.1) is 0 Å². The van der Waals surface area contributed by atoms with Gasteiger partial charge in [0, 0.05) is 38.8 Å². The van der Waals surface area contributed by atoms with Crippen LogP contribution in [0.5, 0.6) is 0 Å². The third-order valence-electron chi connectivity index (χ3n) is 3.82. The first-order valence-corrected chi connectivity index (χ1v) is 9.46. The molecule has 0 aliphatic carbocycles. The minimum absolute atomic E-state index is 0. The maximum atomic E-state index is 11.7. The van der Waals surface area contributed by atoms with E-state index in [4.69, 9.17) is 0 Å². The van der Waals surface area contributed by atoms with Crippen molar-refractivity contribution < 1.29 is 4.79 Å². The summed E-state index contributed by atoms with van der Waals surface area (Å²) in [5.41, 5.74) is 2.17. The Morgan fingerprint density at radius 3 is 2.62 bits per heavy atom. The van der Waals surface area contributed by atoms with Crippen LogP contribution in [0.3, 0.4) is 0 Å². The molecule has 1 aromatic carbocycles. The molecule has 1 aliphatic heterocycles. The van der Waals surface area contributed by atoms with Crippen LogP contribution in [-0.2, 0) is 11.3 Å². The molecule has 0 spiro atoms. The van der Waals surface area contributed by atoms with Crippen molar-refractivity contribution in [1.29, 1.82) is 0 Å². The molecule has 0 unspecified atom stereocenters. The molecule has 1 heterocycles. The lowest BCUT2D eigenvalue weighted by molar-refractivity contribution is -0.117. The van der Waals surface area contributed by atoms with Crippen molar-refractivity contribution >= 4 is 53.3 Å². The number of thioether (sulfide) groups is 1. The van der Waals surface area contributed by atoms with Gasteiger partial charge in [0.25, 0.3) is 0 Å². The monoisotopic (exact) mass is 462 g/mol. The van der Waals surface area contributed by atoms with E-state index in [1.807, 2.05) is 28.8 Å². The highest BCUT2D eigenvalue weighted by molar-refractivity contribution is 14.0. The molecule has 0 saturated carbocycles. The SMILES string of the molecule is CN=C(NCCCSC)NCc1ccc(N2CCCC2=O)cc1.I. The molecule has 0 aromatic heterocycles. The second-order valence-electron chi connectivity index (χ2n) is 5.51. The predicted octanol–water partition coefficient (Wildman–Crippen LogP) is 2.85. The first-order chi connectivity index (χ1) is 11.2. The number of anilines is 1. The van der Waals surface area contributed by atoms with Crippen molar-refractivity contribution in [2.45, 2.75) is 25.8 Å². The second-order valence-corrected chi connectivity index (χ2v) is 6.50. The van der Waals surface area contributed by atoms with E-state index in [0.717, 1.165) is 49.9 Å². The average Bonchev–Trinajstić information content (AvgIpc) is 3.01. The number of carbonyl (C=O) groups is 1. The summed E-state index contributed by atoms with van der Waals surface area (Å²) in [6, 6.07) is 8.17. The Labute approximate surface area is 166 Å². The van der Waals surface area contributed by atoms with Gasteiger partial charge in [-0.25, -0.2) is 0 Å². The van der Waals surface area contributed by atoms with E-state index in [-0.39, 0.29) is 29.9 Å². The molecule has 0 bridgehead atoms. The highest BCUT2D eigenvalue weighted by atomic mass is 127. The maximum absolute atomic E-state index is 11.7. The van der Waals surface area contributed by atoms with Crippen molar-refractivity contribution in [3.05, 3.63) is 29.8 Å². The summed E-state index contributed by atoms with van der Waals surface area (Å²) in [7, 11) is 1.78.